The summed E-state index contributed by atoms with van der Waals surface area (Å²) in [7, 11) is 1.65. The van der Waals surface area contributed by atoms with Crippen LogP contribution in [-0.2, 0) is 0 Å². The average molecular weight is 223 g/mol. The highest BCUT2D eigenvalue weighted by molar-refractivity contribution is 5.39. The van der Waals surface area contributed by atoms with E-state index in [4.69, 9.17) is 9.47 Å². The van der Waals surface area contributed by atoms with E-state index >= 15 is 0 Å². The van der Waals surface area contributed by atoms with E-state index < -0.39 is 0 Å². The van der Waals surface area contributed by atoms with Gasteiger partial charge in [0.2, 0.25) is 0 Å². The van der Waals surface area contributed by atoms with Crippen molar-refractivity contribution in [3.8, 4) is 11.5 Å². The Labute approximate surface area is 97.8 Å². The van der Waals surface area contributed by atoms with Crippen molar-refractivity contribution in [3.63, 3.8) is 0 Å². The number of rotatable bonds is 6. The lowest BCUT2D eigenvalue weighted by molar-refractivity contribution is 0.253. The second-order valence-corrected chi connectivity index (χ2v) is 4.18. The molecule has 0 aromatic heterocycles. The maximum Gasteiger partial charge on any atom is 0.161 e. The molecular formula is C13H21NO2. The molecule has 0 radical (unpaired) electrons. The van der Waals surface area contributed by atoms with Gasteiger partial charge in [0.15, 0.2) is 11.5 Å². The highest BCUT2D eigenvalue weighted by Gasteiger charge is 2.07. The fraction of sp³-hybridized carbons (Fsp3) is 0.538. The molecule has 90 valence electrons. The Morgan fingerprint density at radius 3 is 2.31 bits per heavy atom. The van der Waals surface area contributed by atoms with Gasteiger partial charge < -0.3 is 14.8 Å². The number of benzene rings is 1. The Morgan fingerprint density at radius 2 is 1.75 bits per heavy atom. The smallest absolute Gasteiger partial charge is 0.161 e. The van der Waals surface area contributed by atoms with Crippen molar-refractivity contribution < 1.29 is 9.47 Å². The third kappa shape index (κ3) is 4.11. The molecular weight excluding hydrogens is 202 g/mol. The molecule has 0 bridgehead atoms. The maximum absolute atomic E-state index is 5.70. The van der Waals surface area contributed by atoms with Gasteiger partial charge in [-0.2, -0.15) is 0 Å². The number of ether oxygens (including phenoxy) is 2. The molecule has 1 rings (SSSR count). The van der Waals surface area contributed by atoms with Crippen LogP contribution >= 0.6 is 0 Å². The van der Waals surface area contributed by atoms with Crippen LogP contribution in [0.3, 0.4) is 0 Å². The molecule has 16 heavy (non-hydrogen) atoms. The number of para-hydroxylation sites is 2. The van der Waals surface area contributed by atoms with Crippen LogP contribution in [0.4, 0.5) is 0 Å². The van der Waals surface area contributed by atoms with Gasteiger partial charge in [-0.1, -0.05) is 26.0 Å². The topological polar surface area (TPSA) is 30.5 Å². The molecule has 0 heterocycles. The van der Waals surface area contributed by atoms with Gasteiger partial charge in [-0.3, -0.25) is 0 Å². The van der Waals surface area contributed by atoms with Crippen LogP contribution in [0.5, 0.6) is 11.5 Å². The van der Waals surface area contributed by atoms with Gasteiger partial charge in [0.05, 0.1) is 7.11 Å². The van der Waals surface area contributed by atoms with Crippen LogP contribution in [0.1, 0.15) is 20.8 Å². The monoisotopic (exact) mass is 223 g/mol. The van der Waals surface area contributed by atoms with Crippen molar-refractivity contribution in [2.24, 2.45) is 0 Å². The third-order valence-electron chi connectivity index (χ3n) is 2.18. The predicted molar refractivity (Wildman–Crippen MR) is 66.2 cm³/mol. The van der Waals surface area contributed by atoms with Gasteiger partial charge in [-0.05, 0) is 19.1 Å². The zero-order chi connectivity index (χ0) is 12.0. The van der Waals surface area contributed by atoms with Gasteiger partial charge in [0, 0.05) is 12.1 Å². The Hall–Kier alpha value is -1.22. The standard InChI is InChI=1S/C13H21NO2/c1-10(2)14-11(3)9-16-13-8-6-5-7-12(13)15-4/h5-8,10-11,14H,9H2,1-4H3. The minimum Gasteiger partial charge on any atom is -0.493 e. The molecule has 1 unspecified atom stereocenters. The van der Waals surface area contributed by atoms with Gasteiger partial charge in [-0.15, -0.1) is 0 Å². The molecule has 0 fully saturated rings. The van der Waals surface area contributed by atoms with E-state index in [0.29, 0.717) is 18.7 Å². The number of methoxy groups -OCH3 is 1. The quantitative estimate of drug-likeness (QED) is 0.803. The lowest BCUT2D eigenvalue weighted by Crippen LogP contribution is -2.36. The normalized spacial score (nSPS) is 12.6. The summed E-state index contributed by atoms with van der Waals surface area (Å²) < 4.78 is 10.9. The number of nitrogens with one attached hydrogen (secondary N) is 1. The van der Waals surface area contributed by atoms with E-state index in [2.05, 4.69) is 26.1 Å². The number of hydrogen-bond acceptors (Lipinski definition) is 3. The first-order chi connectivity index (χ1) is 7.63. The molecule has 1 aromatic rings. The van der Waals surface area contributed by atoms with Gasteiger partial charge in [0.25, 0.3) is 0 Å². The molecule has 1 N–H and O–H groups in total. The molecule has 3 nitrogen and oxygen atoms in total. The van der Waals surface area contributed by atoms with Crippen LogP contribution in [0.2, 0.25) is 0 Å². The highest BCUT2D eigenvalue weighted by Crippen LogP contribution is 2.25. The lowest BCUT2D eigenvalue weighted by atomic mass is 10.3. The van der Waals surface area contributed by atoms with E-state index in [0.717, 1.165) is 11.5 Å². The largest absolute Gasteiger partial charge is 0.493 e. The average Bonchev–Trinajstić information content (AvgIpc) is 2.26. The molecule has 0 aliphatic carbocycles. The Kier molecular flexibility index (Phi) is 5.12. The van der Waals surface area contributed by atoms with Crippen LogP contribution in [0, 0.1) is 0 Å². The van der Waals surface area contributed by atoms with Crippen LogP contribution < -0.4 is 14.8 Å². The van der Waals surface area contributed by atoms with Crippen LogP contribution in [0.15, 0.2) is 24.3 Å². The minimum absolute atomic E-state index is 0.324. The van der Waals surface area contributed by atoms with Crippen molar-refractivity contribution in [2.45, 2.75) is 32.9 Å². The van der Waals surface area contributed by atoms with E-state index in [9.17, 15) is 0 Å². The Bertz CT molecular complexity index is 313. The van der Waals surface area contributed by atoms with Crippen molar-refractivity contribution in [1.29, 1.82) is 0 Å². The second kappa shape index (κ2) is 6.38. The van der Waals surface area contributed by atoms with E-state index in [1.165, 1.54) is 0 Å². The molecule has 0 amide bonds. The van der Waals surface area contributed by atoms with E-state index in [1.54, 1.807) is 7.11 Å². The molecule has 0 aliphatic rings. The summed E-state index contributed by atoms with van der Waals surface area (Å²) in [5, 5.41) is 3.38. The second-order valence-electron chi connectivity index (χ2n) is 4.18. The lowest BCUT2D eigenvalue weighted by Gasteiger charge is -2.18. The van der Waals surface area contributed by atoms with Crippen LogP contribution in [0.25, 0.3) is 0 Å². The summed E-state index contributed by atoms with van der Waals surface area (Å²) >= 11 is 0. The fourth-order valence-corrected chi connectivity index (χ4v) is 1.57. The van der Waals surface area contributed by atoms with Crippen molar-refractivity contribution in [3.05, 3.63) is 24.3 Å². The summed E-state index contributed by atoms with van der Waals surface area (Å²) in [6.07, 6.45) is 0. The first-order valence-corrected chi connectivity index (χ1v) is 5.65. The maximum atomic E-state index is 5.70. The summed E-state index contributed by atoms with van der Waals surface area (Å²) in [4.78, 5) is 0. The zero-order valence-electron chi connectivity index (χ0n) is 10.5. The number of hydrogen-bond donors (Lipinski definition) is 1. The third-order valence-corrected chi connectivity index (χ3v) is 2.18. The van der Waals surface area contributed by atoms with E-state index in [-0.39, 0.29) is 0 Å². The molecule has 0 aliphatic heterocycles. The molecule has 1 atom stereocenters. The summed E-state index contributed by atoms with van der Waals surface area (Å²) in [6.45, 7) is 6.99. The van der Waals surface area contributed by atoms with Crippen molar-refractivity contribution >= 4 is 0 Å². The van der Waals surface area contributed by atoms with Gasteiger partial charge in [0.1, 0.15) is 6.61 Å². The SMILES string of the molecule is COc1ccccc1OCC(C)NC(C)C. The summed E-state index contributed by atoms with van der Waals surface area (Å²) in [5.41, 5.74) is 0. The highest BCUT2D eigenvalue weighted by atomic mass is 16.5. The fourth-order valence-electron chi connectivity index (χ4n) is 1.57. The summed E-state index contributed by atoms with van der Waals surface area (Å²) in [5.74, 6) is 1.57. The first-order valence-electron chi connectivity index (χ1n) is 5.65. The first kappa shape index (κ1) is 12.8. The predicted octanol–water partition coefficient (Wildman–Crippen LogP) is 2.46. The Morgan fingerprint density at radius 1 is 1.12 bits per heavy atom. The molecule has 0 spiro atoms. The summed E-state index contributed by atoms with van der Waals surface area (Å²) in [6, 6.07) is 8.48. The molecule has 3 heteroatoms. The Balaban J connectivity index is 2.47. The van der Waals surface area contributed by atoms with Crippen molar-refractivity contribution in [2.75, 3.05) is 13.7 Å². The van der Waals surface area contributed by atoms with Gasteiger partial charge >= 0.3 is 0 Å². The molecule has 0 saturated heterocycles. The zero-order valence-corrected chi connectivity index (χ0v) is 10.5. The van der Waals surface area contributed by atoms with Crippen molar-refractivity contribution in [1.82, 2.24) is 5.32 Å². The molecule has 0 saturated carbocycles. The minimum atomic E-state index is 0.324. The van der Waals surface area contributed by atoms with Gasteiger partial charge in [-0.25, -0.2) is 0 Å². The van der Waals surface area contributed by atoms with E-state index in [1.807, 2.05) is 24.3 Å². The molecule has 1 aromatic carbocycles. The van der Waals surface area contributed by atoms with Crippen LogP contribution in [-0.4, -0.2) is 25.8 Å².